The first-order valence-electron chi connectivity index (χ1n) is 13.6. The number of aliphatic hydroxyl groups excluding tert-OH is 1. The second-order valence-corrected chi connectivity index (χ2v) is 9.83. The Morgan fingerprint density at radius 1 is 0.650 bits per heavy atom. The van der Waals surface area contributed by atoms with E-state index in [4.69, 9.17) is 23.7 Å². The molecule has 0 spiro atoms. The van der Waals surface area contributed by atoms with Crippen molar-refractivity contribution >= 4 is 0 Å². The Labute approximate surface area is 236 Å². The summed E-state index contributed by atoms with van der Waals surface area (Å²) in [6.45, 7) is 0.776. The summed E-state index contributed by atoms with van der Waals surface area (Å²) in [5.41, 5.74) is 4.04. The highest BCUT2D eigenvalue weighted by atomic mass is 16.7. The van der Waals surface area contributed by atoms with Gasteiger partial charge in [-0.15, -0.1) is 0 Å². The molecule has 0 aromatic heterocycles. The lowest BCUT2D eigenvalue weighted by Gasteiger charge is -2.44. The van der Waals surface area contributed by atoms with Crippen LogP contribution in [0, 0.1) is 0 Å². The normalized spacial score (nSPS) is 22.8. The van der Waals surface area contributed by atoms with Gasteiger partial charge in [-0.2, -0.15) is 0 Å². The summed E-state index contributed by atoms with van der Waals surface area (Å²) in [5.74, 6) is 0. The molecule has 0 saturated carbocycles. The van der Waals surface area contributed by atoms with Gasteiger partial charge in [0.15, 0.2) is 6.29 Å². The molecule has 1 aliphatic rings. The summed E-state index contributed by atoms with van der Waals surface area (Å²) in [7, 11) is 1.57. The van der Waals surface area contributed by atoms with Crippen LogP contribution in [-0.4, -0.2) is 49.5 Å². The smallest absolute Gasteiger partial charge is 0.186 e. The van der Waals surface area contributed by atoms with Crippen molar-refractivity contribution in [2.24, 2.45) is 0 Å². The van der Waals surface area contributed by atoms with Crippen LogP contribution >= 0.6 is 0 Å². The van der Waals surface area contributed by atoms with Crippen molar-refractivity contribution in [2.45, 2.75) is 50.0 Å². The maximum absolute atomic E-state index is 11.6. The minimum Gasteiger partial charge on any atom is -0.387 e. The quantitative estimate of drug-likeness (QED) is 0.249. The van der Waals surface area contributed by atoms with Crippen LogP contribution in [0.5, 0.6) is 0 Å². The Bertz CT molecular complexity index is 1220. The molecule has 0 aliphatic carbocycles. The molecule has 0 radical (unpaired) electrons. The minimum atomic E-state index is -1.01. The molecule has 0 amide bonds. The zero-order valence-corrected chi connectivity index (χ0v) is 22.6. The van der Waals surface area contributed by atoms with Gasteiger partial charge in [-0.3, -0.25) is 0 Å². The summed E-state index contributed by atoms with van der Waals surface area (Å²) >= 11 is 0. The van der Waals surface area contributed by atoms with Gasteiger partial charge in [-0.1, -0.05) is 121 Å². The van der Waals surface area contributed by atoms with E-state index in [9.17, 15) is 5.11 Å². The van der Waals surface area contributed by atoms with Crippen molar-refractivity contribution in [2.75, 3.05) is 13.7 Å². The number of hydrogen-bond acceptors (Lipinski definition) is 6. The van der Waals surface area contributed by atoms with Gasteiger partial charge in [0.1, 0.15) is 30.5 Å². The van der Waals surface area contributed by atoms with Crippen molar-refractivity contribution < 1.29 is 28.8 Å². The Hall–Kier alpha value is -3.36. The maximum Gasteiger partial charge on any atom is 0.186 e. The third kappa shape index (κ3) is 7.23. The van der Waals surface area contributed by atoms with Crippen LogP contribution in [0.3, 0.4) is 0 Å². The molecular formula is C34H36O6. The van der Waals surface area contributed by atoms with Crippen LogP contribution in [0.4, 0.5) is 0 Å². The second kappa shape index (κ2) is 14.3. The van der Waals surface area contributed by atoms with E-state index in [0.717, 1.165) is 22.3 Å². The predicted molar refractivity (Wildman–Crippen MR) is 152 cm³/mol. The predicted octanol–water partition coefficient (Wildman–Crippen LogP) is 5.70. The number of rotatable bonds is 12. The van der Waals surface area contributed by atoms with Crippen molar-refractivity contribution in [1.82, 2.24) is 0 Å². The first kappa shape index (κ1) is 28.2. The molecule has 1 heterocycles. The highest BCUT2D eigenvalue weighted by Crippen LogP contribution is 2.31. The largest absolute Gasteiger partial charge is 0.387 e. The van der Waals surface area contributed by atoms with Crippen LogP contribution in [0.25, 0.3) is 0 Å². The Morgan fingerprint density at radius 3 is 1.57 bits per heavy atom. The Morgan fingerprint density at radius 2 is 1.10 bits per heavy atom. The fourth-order valence-corrected chi connectivity index (χ4v) is 4.95. The average Bonchev–Trinajstić information content (AvgIpc) is 3.02. The van der Waals surface area contributed by atoms with Gasteiger partial charge in [-0.05, 0) is 22.3 Å². The van der Waals surface area contributed by atoms with E-state index in [0.29, 0.717) is 13.2 Å². The van der Waals surface area contributed by atoms with E-state index < -0.39 is 30.7 Å². The number of ether oxygens (including phenoxy) is 5. The number of methoxy groups -OCH3 is 1. The highest BCUT2D eigenvalue weighted by molar-refractivity contribution is 5.30. The molecule has 1 fully saturated rings. The van der Waals surface area contributed by atoms with E-state index in [1.807, 2.05) is 121 Å². The van der Waals surface area contributed by atoms with Gasteiger partial charge < -0.3 is 28.8 Å². The lowest BCUT2D eigenvalue weighted by atomic mass is 9.97. The minimum absolute atomic E-state index is 0.131. The third-order valence-corrected chi connectivity index (χ3v) is 7.05. The zero-order chi connectivity index (χ0) is 27.6. The van der Waals surface area contributed by atoms with E-state index in [1.165, 1.54) is 0 Å². The first-order chi connectivity index (χ1) is 19.7. The molecule has 1 N–H and O–H groups in total. The first-order valence-corrected chi connectivity index (χ1v) is 13.6. The number of benzene rings is 4. The van der Waals surface area contributed by atoms with Crippen LogP contribution in [-0.2, 0) is 36.9 Å². The summed E-state index contributed by atoms with van der Waals surface area (Å²) in [4.78, 5) is 0. The van der Waals surface area contributed by atoms with E-state index >= 15 is 0 Å². The molecule has 1 aliphatic heterocycles. The average molecular weight is 541 g/mol. The van der Waals surface area contributed by atoms with Gasteiger partial charge in [-0.25, -0.2) is 0 Å². The lowest BCUT2D eigenvalue weighted by molar-refractivity contribution is -0.316. The van der Waals surface area contributed by atoms with Crippen LogP contribution in [0.1, 0.15) is 28.4 Å². The molecule has 6 heteroatoms. The van der Waals surface area contributed by atoms with Crippen LogP contribution in [0.2, 0.25) is 0 Å². The fraction of sp³-hybridized carbons (Fsp3) is 0.294. The van der Waals surface area contributed by atoms with Gasteiger partial charge in [0.25, 0.3) is 0 Å². The number of hydrogen-bond donors (Lipinski definition) is 1. The maximum atomic E-state index is 11.6. The Balaban J connectivity index is 1.34. The third-order valence-electron chi connectivity index (χ3n) is 7.05. The van der Waals surface area contributed by atoms with Crippen molar-refractivity contribution in [1.29, 1.82) is 0 Å². The van der Waals surface area contributed by atoms with Crippen LogP contribution < -0.4 is 0 Å². The molecule has 6 nitrogen and oxygen atoms in total. The van der Waals surface area contributed by atoms with Crippen molar-refractivity contribution in [3.8, 4) is 0 Å². The second-order valence-electron chi connectivity index (χ2n) is 9.83. The highest BCUT2D eigenvalue weighted by Gasteiger charge is 2.47. The van der Waals surface area contributed by atoms with Gasteiger partial charge in [0.05, 0.1) is 19.8 Å². The molecule has 0 unspecified atom stereocenters. The van der Waals surface area contributed by atoms with Gasteiger partial charge in [0.2, 0.25) is 0 Å². The summed E-state index contributed by atoms with van der Waals surface area (Å²) in [5, 5.41) is 11.6. The molecule has 1 saturated heterocycles. The van der Waals surface area contributed by atoms with Gasteiger partial charge >= 0.3 is 0 Å². The number of aliphatic hydroxyl groups is 1. The summed E-state index contributed by atoms with van der Waals surface area (Å²) in [6.07, 6.45) is -4.15. The zero-order valence-electron chi connectivity index (χ0n) is 22.6. The van der Waals surface area contributed by atoms with E-state index in [-0.39, 0.29) is 12.7 Å². The molecular weight excluding hydrogens is 504 g/mol. The SMILES string of the molecule is CO[C@H]1O[C@H](COC(c2ccccc2)c2ccccc2)[C@@H](O)[C@H](OCc2ccccc2)[C@H]1OCc1ccccc1. The van der Waals surface area contributed by atoms with Crippen molar-refractivity contribution in [3.63, 3.8) is 0 Å². The lowest BCUT2D eigenvalue weighted by Crippen LogP contribution is -2.60. The molecule has 40 heavy (non-hydrogen) atoms. The molecule has 208 valence electrons. The van der Waals surface area contributed by atoms with Gasteiger partial charge in [0, 0.05) is 7.11 Å². The van der Waals surface area contributed by atoms with E-state index in [1.54, 1.807) is 7.11 Å². The molecule has 5 atom stereocenters. The van der Waals surface area contributed by atoms with E-state index in [2.05, 4.69) is 0 Å². The monoisotopic (exact) mass is 540 g/mol. The molecule has 4 aromatic rings. The molecule has 0 bridgehead atoms. The summed E-state index contributed by atoms with van der Waals surface area (Å²) in [6, 6.07) is 39.8. The topological polar surface area (TPSA) is 66.4 Å². The van der Waals surface area contributed by atoms with Crippen LogP contribution in [0.15, 0.2) is 121 Å². The molecule has 4 aromatic carbocycles. The standard InChI is InChI=1S/C34H36O6/c1-36-34-33(38-23-26-16-8-3-9-17-26)32(37-22-25-14-6-2-7-15-25)30(35)29(40-34)24-39-31(27-18-10-4-11-19-27)28-20-12-5-13-21-28/h2-21,29-35H,22-24H2,1H3/t29-,30-,32+,33-,34+/m1/s1. The Kier molecular flexibility index (Phi) is 10.1. The summed E-state index contributed by atoms with van der Waals surface area (Å²) < 4.78 is 31.1. The molecule has 5 rings (SSSR count). The fourth-order valence-electron chi connectivity index (χ4n) is 4.95. The van der Waals surface area contributed by atoms with Crippen molar-refractivity contribution in [3.05, 3.63) is 144 Å².